The van der Waals surface area contributed by atoms with Gasteiger partial charge in [0.25, 0.3) is 0 Å². The van der Waals surface area contributed by atoms with Crippen molar-refractivity contribution in [3.63, 3.8) is 0 Å². The molecule has 6 nitrogen and oxygen atoms in total. The molecule has 0 fully saturated rings. The van der Waals surface area contributed by atoms with Crippen LogP contribution in [0.3, 0.4) is 0 Å². The van der Waals surface area contributed by atoms with Crippen molar-refractivity contribution < 1.29 is 4.42 Å². The highest BCUT2D eigenvalue weighted by Gasteiger charge is 2.03. The van der Waals surface area contributed by atoms with E-state index < -0.39 is 0 Å². The molecule has 0 aliphatic heterocycles. The highest BCUT2D eigenvalue weighted by atomic mass is 16.3. The van der Waals surface area contributed by atoms with Crippen LogP contribution in [0.25, 0.3) is 11.0 Å². The first kappa shape index (κ1) is 10.4. The summed E-state index contributed by atoms with van der Waals surface area (Å²) in [6.45, 7) is 0. The summed E-state index contributed by atoms with van der Waals surface area (Å²) in [4.78, 5) is 12.1. The van der Waals surface area contributed by atoms with Crippen molar-refractivity contribution in [2.45, 2.75) is 0 Å². The van der Waals surface area contributed by atoms with Crippen LogP contribution in [0.15, 0.2) is 57.5 Å². The van der Waals surface area contributed by atoms with Crippen LogP contribution in [0.1, 0.15) is 5.56 Å². The normalized spacial score (nSPS) is 11.3. The number of para-hydroxylation sites is 1. The van der Waals surface area contributed by atoms with Crippen LogP contribution >= 0.6 is 0 Å². The van der Waals surface area contributed by atoms with E-state index in [-0.39, 0.29) is 5.43 Å². The SMILES string of the molecule is O=c1c(/C=N\n2cnnc2)coc2ccccc12. The van der Waals surface area contributed by atoms with Crippen molar-refractivity contribution in [1.29, 1.82) is 0 Å². The van der Waals surface area contributed by atoms with E-state index in [4.69, 9.17) is 4.42 Å². The van der Waals surface area contributed by atoms with Crippen LogP contribution in [0.2, 0.25) is 0 Å². The molecule has 88 valence electrons. The molecule has 3 rings (SSSR count). The Morgan fingerprint density at radius 1 is 1.22 bits per heavy atom. The Morgan fingerprint density at radius 3 is 2.83 bits per heavy atom. The molecule has 0 aliphatic carbocycles. The van der Waals surface area contributed by atoms with Gasteiger partial charge in [0.15, 0.2) is 0 Å². The molecule has 0 spiro atoms. The van der Waals surface area contributed by atoms with E-state index >= 15 is 0 Å². The number of benzene rings is 1. The van der Waals surface area contributed by atoms with Crippen molar-refractivity contribution in [2.24, 2.45) is 5.10 Å². The zero-order valence-corrected chi connectivity index (χ0v) is 9.22. The topological polar surface area (TPSA) is 73.3 Å². The third-order valence-corrected chi connectivity index (χ3v) is 2.44. The van der Waals surface area contributed by atoms with Crippen LogP contribution in [-0.4, -0.2) is 21.1 Å². The molecule has 0 atom stereocenters. The lowest BCUT2D eigenvalue weighted by Crippen LogP contribution is -2.08. The fraction of sp³-hybridized carbons (Fsp3) is 0. The Kier molecular flexibility index (Phi) is 2.45. The average molecular weight is 240 g/mol. The quantitative estimate of drug-likeness (QED) is 0.632. The summed E-state index contributed by atoms with van der Waals surface area (Å²) < 4.78 is 6.76. The van der Waals surface area contributed by atoms with Crippen molar-refractivity contribution in [3.05, 3.63) is 59.0 Å². The number of fused-ring (bicyclic) bond motifs is 1. The third-order valence-electron chi connectivity index (χ3n) is 2.44. The van der Waals surface area contributed by atoms with Crippen LogP contribution in [0.5, 0.6) is 0 Å². The first-order valence-corrected chi connectivity index (χ1v) is 5.24. The van der Waals surface area contributed by atoms with E-state index in [9.17, 15) is 4.79 Å². The summed E-state index contributed by atoms with van der Waals surface area (Å²) in [7, 11) is 0. The maximum absolute atomic E-state index is 12.1. The molecule has 0 unspecified atom stereocenters. The van der Waals surface area contributed by atoms with Gasteiger partial charge in [-0.15, -0.1) is 10.2 Å². The average Bonchev–Trinajstić information content (AvgIpc) is 2.91. The second-order valence-electron chi connectivity index (χ2n) is 3.60. The Hall–Kier alpha value is -2.76. The Morgan fingerprint density at radius 2 is 2.00 bits per heavy atom. The minimum absolute atomic E-state index is 0.117. The molecular formula is C12H8N4O2. The van der Waals surface area contributed by atoms with Gasteiger partial charge in [-0.25, -0.2) is 4.68 Å². The predicted molar refractivity (Wildman–Crippen MR) is 65.5 cm³/mol. The van der Waals surface area contributed by atoms with E-state index in [0.29, 0.717) is 16.5 Å². The third kappa shape index (κ3) is 1.80. The van der Waals surface area contributed by atoms with E-state index in [1.807, 2.05) is 6.07 Å². The summed E-state index contributed by atoms with van der Waals surface area (Å²) in [6, 6.07) is 7.07. The molecule has 0 saturated heterocycles. The van der Waals surface area contributed by atoms with E-state index in [1.165, 1.54) is 29.8 Å². The van der Waals surface area contributed by atoms with Gasteiger partial charge in [0.1, 0.15) is 24.5 Å². The molecule has 0 radical (unpaired) electrons. The van der Waals surface area contributed by atoms with E-state index in [2.05, 4.69) is 15.3 Å². The standard InChI is InChI=1S/C12H8N4O2/c17-12-9(5-15-16-7-13-14-8-16)6-18-11-4-2-1-3-10(11)12/h1-8H/b15-5-. The molecule has 2 aromatic heterocycles. The van der Waals surface area contributed by atoms with Crippen LogP contribution < -0.4 is 5.43 Å². The monoisotopic (exact) mass is 240 g/mol. The molecule has 1 aromatic carbocycles. The molecule has 0 bridgehead atoms. The van der Waals surface area contributed by atoms with Crippen LogP contribution in [0.4, 0.5) is 0 Å². The van der Waals surface area contributed by atoms with Crippen molar-refractivity contribution in [3.8, 4) is 0 Å². The van der Waals surface area contributed by atoms with Crippen molar-refractivity contribution >= 4 is 17.2 Å². The summed E-state index contributed by atoms with van der Waals surface area (Å²) in [6.07, 6.45) is 5.67. The molecule has 0 N–H and O–H groups in total. The van der Waals surface area contributed by atoms with Crippen molar-refractivity contribution in [1.82, 2.24) is 14.9 Å². The molecular weight excluding hydrogens is 232 g/mol. The maximum Gasteiger partial charge on any atom is 0.201 e. The van der Waals surface area contributed by atoms with E-state index in [1.54, 1.807) is 18.2 Å². The van der Waals surface area contributed by atoms with Gasteiger partial charge in [-0.1, -0.05) is 12.1 Å². The Balaban J connectivity index is 2.08. The first-order chi connectivity index (χ1) is 8.84. The van der Waals surface area contributed by atoms with Gasteiger partial charge in [0, 0.05) is 0 Å². The second-order valence-corrected chi connectivity index (χ2v) is 3.60. The highest BCUT2D eigenvalue weighted by molar-refractivity contribution is 5.86. The summed E-state index contributed by atoms with van der Waals surface area (Å²) in [5, 5.41) is 11.8. The van der Waals surface area contributed by atoms with Gasteiger partial charge in [-0.05, 0) is 12.1 Å². The van der Waals surface area contributed by atoms with Gasteiger partial charge in [-0.2, -0.15) is 5.10 Å². The van der Waals surface area contributed by atoms with E-state index in [0.717, 1.165) is 0 Å². The fourth-order valence-electron chi connectivity index (χ4n) is 1.57. The zero-order valence-electron chi connectivity index (χ0n) is 9.22. The molecule has 3 aromatic rings. The van der Waals surface area contributed by atoms with Gasteiger partial charge < -0.3 is 4.42 Å². The predicted octanol–water partition coefficient (Wildman–Crippen LogP) is 1.27. The van der Waals surface area contributed by atoms with Gasteiger partial charge in [0.2, 0.25) is 5.43 Å². The number of aromatic nitrogens is 3. The van der Waals surface area contributed by atoms with Gasteiger partial charge in [-0.3, -0.25) is 4.79 Å². The van der Waals surface area contributed by atoms with Crippen LogP contribution in [-0.2, 0) is 0 Å². The minimum atomic E-state index is -0.117. The molecule has 18 heavy (non-hydrogen) atoms. The molecule has 0 amide bonds. The summed E-state index contributed by atoms with van der Waals surface area (Å²) in [5.74, 6) is 0. The molecule has 6 heteroatoms. The molecule has 0 aliphatic rings. The molecule has 0 saturated carbocycles. The summed E-state index contributed by atoms with van der Waals surface area (Å²) in [5.41, 5.74) is 0.819. The number of nitrogens with zero attached hydrogens (tertiary/aromatic N) is 4. The zero-order chi connectivity index (χ0) is 12.4. The highest BCUT2D eigenvalue weighted by Crippen LogP contribution is 2.09. The largest absolute Gasteiger partial charge is 0.463 e. The number of rotatable bonds is 2. The first-order valence-electron chi connectivity index (χ1n) is 5.24. The molecule has 2 heterocycles. The number of hydrogen-bond donors (Lipinski definition) is 0. The van der Waals surface area contributed by atoms with Crippen molar-refractivity contribution in [2.75, 3.05) is 0 Å². The summed E-state index contributed by atoms with van der Waals surface area (Å²) >= 11 is 0. The Bertz CT molecular complexity index is 759. The Labute approximate surface area is 101 Å². The maximum atomic E-state index is 12.1. The minimum Gasteiger partial charge on any atom is -0.463 e. The lowest BCUT2D eigenvalue weighted by molar-refractivity contribution is 0.601. The lowest BCUT2D eigenvalue weighted by atomic mass is 10.2. The lowest BCUT2D eigenvalue weighted by Gasteiger charge is -1.97. The number of hydrogen-bond acceptors (Lipinski definition) is 5. The second kappa shape index (κ2) is 4.25. The van der Waals surface area contributed by atoms with Gasteiger partial charge in [0.05, 0.1) is 17.2 Å². The fourth-order valence-corrected chi connectivity index (χ4v) is 1.57. The smallest absolute Gasteiger partial charge is 0.201 e. The van der Waals surface area contributed by atoms with Gasteiger partial charge >= 0.3 is 0 Å². The van der Waals surface area contributed by atoms with Crippen LogP contribution in [0, 0.1) is 0 Å².